The molecule has 1 aromatic carbocycles. The Kier molecular flexibility index (Phi) is 5.12. The van der Waals surface area contributed by atoms with Gasteiger partial charge in [-0.3, -0.25) is 4.79 Å². The Morgan fingerprint density at radius 1 is 1.25 bits per heavy atom. The van der Waals surface area contributed by atoms with Crippen molar-refractivity contribution in [3.05, 3.63) is 23.8 Å². The van der Waals surface area contributed by atoms with Crippen molar-refractivity contribution in [2.45, 2.75) is 12.8 Å². The molecule has 1 rings (SSSR count). The van der Waals surface area contributed by atoms with E-state index in [0.717, 1.165) is 5.56 Å². The highest BCUT2D eigenvalue weighted by Crippen LogP contribution is 2.27. The average Bonchev–Trinajstić information content (AvgIpc) is 2.35. The molecule has 0 saturated heterocycles. The number of ether oxygens (including phenoxy) is 2. The fourth-order valence-corrected chi connectivity index (χ4v) is 1.52. The number of halogens is 1. The third-order valence-electron chi connectivity index (χ3n) is 2.29. The predicted octanol–water partition coefficient (Wildman–Crippen LogP) is 2.44. The largest absolute Gasteiger partial charge is 0.493 e. The van der Waals surface area contributed by atoms with E-state index >= 15 is 0 Å². The van der Waals surface area contributed by atoms with Crippen LogP contribution in [0.2, 0.25) is 0 Å². The fraction of sp³-hybridized carbons (Fsp3) is 0.417. The maximum atomic E-state index is 11.1. The molecule has 4 heteroatoms. The smallest absolute Gasteiger partial charge is 0.160 e. The van der Waals surface area contributed by atoms with Crippen LogP contribution in [0.3, 0.4) is 0 Å². The number of methoxy groups -OCH3 is 2. The van der Waals surface area contributed by atoms with Crippen molar-refractivity contribution in [1.29, 1.82) is 0 Å². The van der Waals surface area contributed by atoms with Gasteiger partial charge < -0.3 is 9.47 Å². The minimum absolute atomic E-state index is 0.0523. The van der Waals surface area contributed by atoms with Crippen molar-refractivity contribution in [3.63, 3.8) is 0 Å². The van der Waals surface area contributed by atoms with Gasteiger partial charge in [0.25, 0.3) is 0 Å². The lowest BCUT2D eigenvalue weighted by atomic mass is 10.1. The van der Waals surface area contributed by atoms with Crippen molar-refractivity contribution in [2.24, 2.45) is 0 Å². The second-order valence-corrected chi connectivity index (χ2v) is 3.63. The van der Waals surface area contributed by atoms with Gasteiger partial charge in [-0.05, 0) is 24.1 Å². The standard InChI is InChI=1S/C12H15ClO3/c1-15-11-6-4-9(7-12(11)16-2)3-5-10(14)8-13/h4,6-7H,3,5,8H2,1-2H3. The molecule has 0 spiro atoms. The molecule has 0 fully saturated rings. The highest BCUT2D eigenvalue weighted by Gasteiger charge is 2.06. The maximum absolute atomic E-state index is 11.1. The molecule has 0 atom stereocenters. The summed E-state index contributed by atoms with van der Waals surface area (Å²) in [5, 5.41) is 0. The molecule has 0 saturated carbocycles. The number of ketones is 1. The van der Waals surface area contributed by atoms with Crippen LogP contribution in [0.5, 0.6) is 11.5 Å². The van der Waals surface area contributed by atoms with Gasteiger partial charge in [-0.25, -0.2) is 0 Å². The maximum Gasteiger partial charge on any atom is 0.160 e. The van der Waals surface area contributed by atoms with Crippen molar-refractivity contribution in [2.75, 3.05) is 20.1 Å². The van der Waals surface area contributed by atoms with Crippen molar-refractivity contribution >= 4 is 17.4 Å². The van der Waals surface area contributed by atoms with Crippen LogP contribution >= 0.6 is 11.6 Å². The van der Waals surface area contributed by atoms with Gasteiger partial charge in [-0.2, -0.15) is 0 Å². The Morgan fingerprint density at radius 2 is 1.94 bits per heavy atom. The number of aryl methyl sites for hydroxylation is 1. The molecule has 0 radical (unpaired) electrons. The summed E-state index contributed by atoms with van der Waals surface area (Å²) in [6, 6.07) is 5.63. The highest BCUT2D eigenvalue weighted by molar-refractivity contribution is 6.27. The van der Waals surface area contributed by atoms with Crippen LogP contribution < -0.4 is 9.47 Å². The van der Waals surface area contributed by atoms with Crippen LogP contribution in [0, 0.1) is 0 Å². The van der Waals surface area contributed by atoms with E-state index in [9.17, 15) is 4.79 Å². The van der Waals surface area contributed by atoms with E-state index < -0.39 is 0 Å². The number of hydrogen-bond donors (Lipinski definition) is 0. The predicted molar refractivity (Wildman–Crippen MR) is 63.6 cm³/mol. The Labute approximate surface area is 100 Å². The van der Waals surface area contributed by atoms with Crippen LogP contribution in [0.4, 0.5) is 0 Å². The first-order valence-electron chi connectivity index (χ1n) is 4.99. The summed E-state index contributed by atoms with van der Waals surface area (Å²) < 4.78 is 10.3. The van der Waals surface area contributed by atoms with Crippen LogP contribution in [0.15, 0.2) is 18.2 Å². The zero-order valence-electron chi connectivity index (χ0n) is 9.46. The Bertz CT molecular complexity index is 363. The molecule has 88 valence electrons. The van der Waals surface area contributed by atoms with E-state index in [4.69, 9.17) is 21.1 Å². The first-order valence-corrected chi connectivity index (χ1v) is 5.53. The van der Waals surface area contributed by atoms with E-state index in [1.54, 1.807) is 14.2 Å². The summed E-state index contributed by atoms with van der Waals surface area (Å²) in [7, 11) is 3.18. The van der Waals surface area contributed by atoms with E-state index in [1.165, 1.54) is 0 Å². The molecule has 16 heavy (non-hydrogen) atoms. The lowest BCUT2D eigenvalue weighted by Gasteiger charge is -2.09. The Balaban J connectivity index is 2.71. The van der Waals surface area contributed by atoms with Crippen LogP contribution in [0.1, 0.15) is 12.0 Å². The van der Waals surface area contributed by atoms with Crippen molar-refractivity contribution < 1.29 is 14.3 Å². The molecule has 0 aliphatic carbocycles. The van der Waals surface area contributed by atoms with E-state index in [1.807, 2.05) is 18.2 Å². The summed E-state index contributed by atoms with van der Waals surface area (Å²) in [5.74, 6) is 1.50. The van der Waals surface area contributed by atoms with Gasteiger partial charge in [0, 0.05) is 6.42 Å². The normalized spacial score (nSPS) is 9.94. The minimum atomic E-state index is 0.0523. The molecular weight excluding hydrogens is 228 g/mol. The molecule has 0 aromatic heterocycles. The molecular formula is C12H15ClO3. The minimum Gasteiger partial charge on any atom is -0.493 e. The second-order valence-electron chi connectivity index (χ2n) is 3.36. The third kappa shape index (κ3) is 3.42. The first kappa shape index (κ1) is 12.8. The molecule has 0 amide bonds. The Hall–Kier alpha value is -1.22. The molecule has 1 aromatic rings. The number of alkyl halides is 1. The first-order chi connectivity index (χ1) is 7.71. The fourth-order valence-electron chi connectivity index (χ4n) is 1.39. The molecule has 0 heterocycles. The van der Waals surface area contributed by atoms with Crippen LogP contribution in [-0.4, -0.2) is 25.9 Å². The number of rotatable bonds is 6. The number of benzene rings is 1. The summed E-state index contributed by atoms with van der Waals surface area (Å²) >= 11 is 5.43. The van der Waals surface area contributed by atoms with Gasteiger partial charge in [-0.15, -0.1) is 11.6 Å². The quantitative estimate of drug-likeness (QED) is 0.719. The topological polar surface area (TPSA) is 35.5 Å². The zero-order chi connectivity index (χ0) is 12.0. The van der Waals surface area contributed by atoms with E-state index in [-0.39, 0.29) is 11.7 Å². The summed E-state index contributed by atoms with van der Waals surface area (Å²) in [5.41, 5.74) is 1.04. The van der Waals surface area contributed by atoms with Gasteiger partial charge in [0.1, 0.15) is 5.78 Å². The third-order valence-corrected chi connectivity index (χ3v) is 2.59. The average molecular weight is 243 g/mol. The van der Waals surface area contributed by atoms with Gasteiger partial charge in [0.2, 0.25) is 0 Å². The molecule has 0 bridgehead atoms. The number of carbonyl (C=O) groups excluding carboxylic acids is 1. The molecule has 0 unspecified atom stereocenters. The van der Waals surface area contributed by atoms with Crippen molar-refractivity contribution in [3.8, 4) is 11.5 Å². The summed E-state index contributed by atoms with van der Waals surface area (Å²) in [4.78, 5) is 11.1. The van der Waals surface area contributed by atoms with Crippen LogP contribution in [0.25, 0.3) is 0 Å². The highest BCUT2D eigenvalue weighted by atomic mass is 35.5. The Morgan fingerprint density at radius 3 is 2.50 bits per heavy atom. The number of Topliss-reactive ketones (excluding diaryl/α,β-unsaturated/α-hetero) is 1. The van der Waals surface area contributed by atoms with Gasteiger partial charge in [0.05, 0.1) is 20.1 Å². The molecule has 3 nitrogen and oxygen atoms in total. The lowest BCUT2D eigenvalue weighted by molar-refractivity contribution is -0.116. The second kappa shape index (κ2) is 6.38. The zero-order valence-corrected chi connectivity index (χ0v) is 10.2. The summed E-state index contributed by atoms with van der Waals surface area (Å²) in [6.07, 6.45) is 1.13. The monoisotopic (exact) mass is 242 g/mol. The van der Waals surface area contributed by atoms with Gasteiger partial charge >= 0.3 is 0 Å². The van der Waals surface area contributed by atoms with Gasteiger partial charge in [0.15, 0.2) is 11.5 Å². The van der Waals surface area contributed by atoms with E-state index in [0.29, 0.717) is 24.3 Å². The van der Waals surface area contributed by atoms with E-state index in [2.05, 4.69) is 0 Å². The molecule has 0 aliphatic rings. The van der Waals surface area contributed by atoms with Gasteiger partial charge in [-0.1, -0.05) is 6.07 Å². The lowest BCUT2D eigenvalue weighted by Crippen LogP contribution is -2.01. The number of hydrogen-bond acceptors (Lipinski definition) is 3. The molecule has 0 aliphatic heterocycles. The number of carbonyl (C=O) groups is 1. The summed E-state index contributed by atoms with van der Waals surface area (Å²) in [6.45, 7) is 0. The molecule has 0 N–H and O–H groups in total. The SMILES string of the molecule is COc1ccc(CCC(=O)CCl)cc1OC. The van der Waals surface area contributed by atoms with Crippen LogP contribution in [-0.2, 0) is 11.2 Å². The van der Waals surface area contributed by atoms with Crippen molar-refractivity contribution in [1.82, 2.24) is 0 Å².